The van der Waals surface area contributed by atoms with Gasteiger partial charge in [-0.15, -0.1) is 0 Å². The van der Waals surface area contributed by atoms with Crippen LogP contribution in [0.5, 0.6) is 0 Å². The van der Waals surface area contributed by atoms with Crippen LogP contribution < -0.4 is 16.0 Å². The number of carbonyl (C=O) groups is 1. The minimum atomic E-state index is -0.165. The summed E-state index contributed by atoms with van der Waals surface area (Å²) >= 11 is 0. The first-order chi connectivity index (χ1) is 10.0. The fraction of sp³-hybridized carbons (Fsp3) is 0.562. The van der Waals surface area contributed by atoms with E-state index in [9.17, 15) is 4.79 Å². The number of benzene rings is 1. The molecule has 0 fully saturated rings. The summed E-state index contributed by atoms with van der Waals surface area (Å²) in [6, 6.07) is 8.12. The fourth-order valence-corrected chi connectivity index (χ4v) is 1.90. The van der Waals surface area contributed by atoms with Crippen molar-refractivity contribution in [2.45, 2.75) is 26.3 Å². The van der Waals surface area contributed by atoms with Gasteiger partial charge in [0.25, 0.3) is 0 Å². The van der Waals surface area contributed by atoms with Gasteiger partial charge in [-0.2, -0.15) is 0 Å². The Labute approximate surface area is 128 Å². The maximum Gasteiger partial charge on any atom is 0.319 e. The van der Waals surface area contributed by atoms with Gasteiger partial charge in [0.05, 0.1) is 0 Å². The van der Waals surface area contributed by atoms with Crippen molar-refractivity contribution in [1.29, 1.82) is 0 Å². The van der Waals surface area contributed by atoms with E-state index in [4.69, 9.17) is 0 Å². The molecule has 5 heteroatoms. The molecule has 1 unspecified atom stereocenters. The van der Waals surface area contributed by atoms with Crippen LogP contribution in [0.2, 0.25) is 0 Å². The lowest BCUT2D eigenvalue weighted by atomic mass is 10.1. The molecule has 0 aromatic heterocycles. The van der Waals surface area contributed by atoms with E-state index < -0.39 is 0 Å². The van der Waals surface area contributed by atoms with Crippen molar-refractivity contribution in [3.63, 3.8) is 0 Å². The second-order valence-corrected chi connectivity index (χ2v) is 5.48. The molecule has 0 saturated heterocycles. The highest BCUT2D eigenvalue weighted by atomic mass is 16.2. The first kappa shape index (κ1) is 17.5. The minimum absolute atomic E-state index is 0.165. The average molecular weight is 292 g/mol. The molecule has 0 spiro atoms. The molecular weight excluding hydrogens is 264 g/mol. The van der Waals surface area contributed by atoms with Crippen LogP contribution in [0.4, 0.5) is 10.5 Å². The lowest BCUT2D eigenvalue weighted by molar-refractivity contribution is 0.250. The van der Waals surface area contributed by atoms with Crippen LogP contribution in [0.15, 0.2) is 24.3 Å². The number of hydrogen-bond donors (Lipinski definition) is 3. The number of carbonyl (C=O) groups excluding carboxylic acids is 1. The van der Waals surface area contributed by atoms with Crippen molar-refractivity contribution in [1.82, 2.24) is 15.5 Å². The Bertz CT molecular complexity index is 417. The highest BCUT2D eigenvalue weighted by Gasteiger charge is 2.05. The Kier molecular flexibility index (Phi) is 7.79. The molecule has 1 atom stereocenters. The van der Waals surface area contributed by atoms with Gasteiger partial charge in [-0.05, 0) is 51.7 Å². The summed E-state index contributed by atoms with van der Waals surface area (Å²) in [7, 11) is 3.96. The molecule has 2 amide bonds. The van der Waals surface area contributed by atoms with E-state index in [1.54, 1.807) is 0 Å². The third kappa shape index (κ3) is 7.11. The van der Waals surface area contributed by atoms with Gasteiger partial charge in [-0.1, -0.05) is 19.1 Å². The normalized spacial score (nSPS) is 12.2. The van der Waals surface area contributed by atoms with Gasteiger partial charge in [-0.3, -0.25) is 0 Å². The molecule has 3 N–H and O–H groups in total. The number of hydrogen-bond acceptors (Lipinski definition) is 3. The van der Waals surface area contributed by atoms with Gasteiger partial charge >= 0.3 is 6.03 Å². The number of likely N-dealkylation sites (N-methyl/N-ethyl adjacent to an activating group) is 1. The molecule has 1 rings (SSSR count). The summed E-state index contributed by atoms with van der Waals surface area (Å²) in [5.74, 6) is 0. The Hall–Kier alpha value is -1.59. The van der Waals surface area contributed by atoms with Gasteiger partial charge < -0.3 is 20.9 Å². The maximum absolute atomic E-state index is 11.7. The zero-order chi connectivity index (χ0) is 15.7. The molecule has 0 heterocycles. The summed E-state index contributed by atoms with van der Waals surface area (Å²) in [5.41, 5.74) is 2.03. The molecular formula is C16H28N4O. The summed E-state index contributed by atoms with van der Waals surface area (Å²) in [6.45, 7) is 6.77. The molecule has 0 aliphatic carbocycles. The molecule has 1 aromatic carbocycles. The Morgan fingerprint density at radius 2 is 1.86 bits per heavy atom. The van der Waals surface area contributed by atoms with Crippen LogP contribution in [0.25, 0.3) is 0 Å². The number of urea groups is 1. The molecule has 21 heavy (non-hydrogen) atoms. The lowest BCUT2D eigenvalue weighted by Crippen LogP contribution is -2.34. The van der Waals surface area contributed by atoms with E-state index in [1.807, 2.05) is 43.3 Å². The number of amides is 2. The van der Waals surface area contributed by atoms with Crippen molar-refractivity contribution in [3.05, 3.63) is 29.8 Å². The first-order valence-corrected chi connectivity index (χ1v) is 7.56. The van der Waals surface area contributed by atoms with Crippen LogP contribution in [0, 0.1) is 0 Å². The van der Waals surface area contributed by atoms with Crippen molar-refractivity contribution >= 4 is 11.7 Å². The Morgan fingerprint density at radius 3 is 2.43 bits per heavy atom. The summed E-state index contributed by atoms with van der Waals surface area (Å²) < 4.78 is 0. The van der Waals surface area contributed by atoms with Gasteiger partial charge in [0, 0.05) is 24.8 Å². The predicted octanol–water partition coefficient (Wildman–Crippen LogP) is 2.43. The molecule has 0 bridgehead atoms. The van der Waals surface area contributed by atoms with Crippen LogP contribution in [-0.4, -0.2) is 44.7 Å². The van der Waals surface area contributed by atoms with Crippen molar-refractivity contribution in [3.8, 4) is 0 Å². The molecule has 0 saturated carbocycles. The SMILES string of the molecule is CCCNC(C)c1ccc(NC(=O)NCCN(C)C)cc1. The van der Waals surface area contributed by atoms with E-state index in [2.05, 4.69) is 29.8 Å². The summed E-state index contributed by atoms with van der Waals surface area (Å²) in [4.78, 5) is 13.7. The molecule has 0 aliphatic heterocycles. The Morgan fingerprint density at radius 1 is 1.19 bits per heavy atom. The topological polar surface area (TPSA) is 56.4 Å². The highest BCUT2D eigenvalue weighted by molar-refractivity contribution is 5.89. The van der Waals surface area contributed by atoms with Gasteiger partial charge in [0.15, 0.2) is 0 Å². The van der Waals surface area contributed by atoms with Gasteiger partial charge in [0.1, 0.15) is 0 Å². The predicted molar refractivity (Wildman–Crippen MR) is 88.7 cm³/mol. The largest absolute Gasteiger partial charge is 0.337 e. The van der Waals surface area contributed by atoms with Crippen LogP contribution in [0.3, 0.4) is 0 Å². The van der Waals surface area contributed by atoms with E-state index in [-0.39, 0.29) is 6.03 Å². The molecule has 1 aromatic rings. The number of anilines is 1. The van der Waals surface area contributed by atoms with Crippen LogP contribution >= 0.6 is 0 Å². The Balaban J connectivity index is 2.41. The number of nitrogens with zero attached hydrogens (tertiary/aromatic N) is 1. The number of rotatable bonds is 8. The minimum Gasteiger partial charge on any atom is -0.337 e. The third-order valence-electron chi connectivity index (χ3n) is 3.21. The van der Waals surface area contributed by atoms with Crippen molar-refractivity contribution < 1.29 is 4.79 Å². The van der Waals surface area contributed by atoms with E-state index >= 15 is 0 Å². The van der Waals surface area contributed by atoms with Gasteiger partial charge in [0.2, 0.25) is 0 Å². The monoisotopic (exact) mass is 292 g/mol. The maximum atomic E-state index is 11.7. The molecule has 118 valence electrons. The third-order valence-corrected chi connectivity index (χ3v) is 3.21. The molecule has 0 aliphatic rings. The van der Waals surface area contributed by atoms with E-state index in [0.717, 1.165) is 25.2 Å². The average Bonchev–Trinajstić information content (AvgIpc) is 2.45. The van der Waals surface area contributed by atoms with Crippen molar-refractivity contribution in [2.24, 2.45) is 0 Å². The first-order valence-electron chi connectivity index (χ1n) is 7.56. The smallest absolute Gasteiger partial charge is 0.319 e. The standard InChI is InChI=1S/C16H28N4O/c1-5-10-17-13(2)14-6-8-15(9-7-14)19-16(21)18-11-12-20(3)4/h6-9,13,17H,5,10-12H2,1-4H3,(H2,18,19,21). The van der Waals surface area contributed by atoms with E-state index in [0.29, 0.717) is 12.6 Å². The van der Waals surface area contributed by atoms with Crippen LogP contribution in [-0.2, 0) is 0 Å². The quantitative estimate of drug-likeness (QED) is 0.690. The molecule has 5 nitrogen and oxygen atoms in total. The highest BCUT2D eigenvalue weighted by Crippen LogP contribution is 2.15. The summed E-state index contributed by atoms with van der Waals surface area (Å²) in [5, 5.41) is 9.10. The summed E-state index contributed by atoms with van der Waals surface area (Å²) in [6.07, 6.45) is 1.12. The zero-order valence-corrected chi connectivity index (χ0v) is 13.6. The second kappa shape index (κ2) is 9.37. The second-order valence-electron chi connectivity index (χ2n) is 5.48. The van der Waals surface area contributed by atoms with E-state index in [1.165, 1.54) is 5.56 Å². The van der Waals surface area contributed by atoms with Gasteiger partial charge in [-0.25, -0.2) is 4.79 Å². The fourth-order valence-electron chi connectivity index (χ4n) is 1.90. The zero-order valence-electron chi connectivity index (χ0n) is 13.6. The van der Waals surface area contributed by atoms with Crippen LogP contribution in [0.1, 0.15) is 31.9 Å². The molecule has 0 radical (unpaired) electrons. The number of nitrogens with one attached hydrogen (secondary N) is 3. The lowest BCUT2D eigenvalue weighted by Gasteiger charge is -2.14. The van der Waals surface area contributed by atoms with Crippen molar-refractivity contribution in [2.75, 3.05) is 39.0 Å².